The molecule has 32 heavy (non-hydrogen) atoms. The van der Waals surface area contributed by atoms with Crippen LogP contribution in [0.25, 0.3) is 16.0 Å². The highest BCUT2D eigenvalue weighted by atomic mass is 35.5. The van der Waals surface area contributed by atoms with Gasteiger partial charge in [0.1, 0.15) is 11.2 Å². The van der Waals surface area contributed by atoms with E-state index in [0.717, 1.165) is 15.9 Å². The lowest BCUT2D eigenvalue weighted by atomic mass is 10.2. The standard InChI is InChI=1S/C22H19ClN4O3S2/c1-3-31-21-25-19-18(32-21)20(29)27(14-9-5-4-6-10-14)22(30)26(19)12-16(28)24-17-13(2)8-7-11-15(17)23/h4-11H,3,12H2,1-2H3,(H,24,28). The lowest BCUT2D eigenvalue weighted by Crippen LogP contribution is -2.40. The summed E-state index contributed by atoms with van der Waals surface area (Å²) in [5, 5.41) is 3.18. The zero-order valence-corrected chi connectivity index (χ0v) is 19.7. The number of nitrogens with one attached hydrogen (secondary N) is 1. The molecule has 0 aliphatic heterocycles. The molecule has 164 valence electrons. The summed E-state index contributed by atoms with van der Waals surface area (Å²) in [6.45, 7) is 3.49. The summed E-state index contributed by atoms with van der Waals surface area (Å²) < 4.78 is 3.31. The Morgan fingerprint density at radius 3 is 2.59 bits per heavy atom. The fourth-order valence-electron chi connectivity index (χ4n) is 3.26. The first kappa shape index (κ1) is 22.3. The van der Waals surface area contributed by atoms with Crippen LogP contribution in [0.5, 0.6) is 0 Å². The Bertz CT molecular complexity index is 1410. The van der Waals surface area contributed by atoms with Crippen LogP contribution >= 0.6 is 34.7 Å². The molecule has 2 aromatic carbocycles. The van der Waals surface area contributed by atoms with Crippen LogP contribution in [0.15, 0.2) is 62.5 Å². The fraction of sp³-hybridized carbons (Fsp3) is 0.182. The molecule has 0 bridgehead atoms. The number of anilines is 1. The minimum Gasteiger partial charge on any atom is -0.323 e. The van der Waals surface area contributed by atoms with E-state index >= 15 is 0 Å². The topological polar surface area (TPSA) is 86.0 Å². The Hall–Kier alpha value is -2.88. The van der Waals surface area contributed by atoms with Crippen molar-refractivity contribution in [3.8, 4) is 5.69 Å². The highest BCUT2D eigenvalue weighted by molar-refractivity contribution is 8.01. The van der Waals surface area contributed by atoms with Crippen molar-refractivity contribution in [3.05, 3.63) is 80.0 Å². The van der Waals surface area contributed by atoms with Gasteiger partial charge in [0, 0.05) is 0 Å². The maximum Gasteiger partial charge on any atom is 0.337 e. The van der Waals surface area contributed by atoms with Crippen LogP contribution in [0.1, 0.15) is 12.5 Å². The predicted octanol–water partition coefficient (Wildman–Crippen LogP) is 4.32. The molecule has 2 aromatic heterocycles. The van der Waals surface area contributed by atoms with Crippen molar-refractivity contribution in [2.24, 2.45) is 0 Å². The van der Waals surface area contributed by atoms with Gasteiger partial charge in [0.25, 0.3) is 5.56 Å². The molecule has 0 saturated carbocycles. The molecular weight excluding hydrogens is 468 g/mol. The number of carbonyl (C=O) groups is 1. The number of rotatable bonds is 6. The normalized spacial score (nSPS) is 11.1. The van der Waals surface area contributed by atoms with E-state index in [2.05, 4.69) is 10.3 Å². The lowest BCUT2D eigenvalue weighted by Gasteiger charge is -2.13. The number of aryl methyl sites for hydroxylation is 1. The van der Waals surface area contributed by atoms with E-state index in [1.54, 1.807) is 42.5 Å². The lowest BCUT2D eigenvalue weighted by molar-refractivity contribution is -0.116. The summed E-state index contributed by atoms with van der Waals surface area (Å²) in [5.41, 5.74) is 0.847. The third kappa shape index (κ3) is 4.23. The minimum absolute atomic E-state index is 0.208. The van der Waals surface area contributed by atoms with Gasteiger partial charge in [0.05, 0.1) is 16.4 Å². The first-order valence-corrected chi connectivity index (χ1v) is 12.0. The monoisotopic (exact) mass is 486 g/mol. The number of hydrogen-bond donors (Lipinski definition) is 1. The third-order valence-electron chi connectivity index (χ3n) is 4.74. The second-order valence-corrected chi connectivity index (χ2v) is 9.81. The van der Waals surface area contributed by atoms with Crippen LogP contribution in [-0.4, -0.2) is 25.8 Å². The van der Waals surface area contributed by atoms with E-state index in [1.165, 1.54) is 27.7 Å². The van der Waals surface area contributed by atoms with Crippen LogP contribution in [0.3, 0.4) is 0 Å². The van der Waals surface area contributed by atoms with E-state index < -0.39 is 17.2 Å². The number of fused-ring (bicyclic) bond motifs is 1. The number of hydrogen-bond acceptors (Lipinski definition) is 6. The minimum atomic E-state index is -0.627. The van der Waals surface area contributed by atoms with Gasteiger partial charge < -0.3 is 5.32 Å². The summed E-state index contributed by atoms with van der Waals surface area (Å²) in [4.78, 5) is 43.9. The van der Waals surface area contributed by atoms with Crippen LogP contribution in [0, 0.1) is 6.92 Å². The second-order valence-electron chi connectivity index (χ2n) is 6.89. The van der Waals surface area contributed by atoms with E-state index in [-0.39, 0.29) is 12.2 Å². The van der Waals surface area contributed by atoms with Gasteiger partial charge in [0.15, 0.2) is 9.99 Å². The first-order valence-electron chi connectivity index (χ1n) is 9.80. The molecule has 0 aliphatic rings. The van der Waals surface area contributed by atoms with Gasteiger partial charge in [-0.1, -0.05) is 60.6 Å². The number of carbonyl (C=O) groups excluding carboxylic acids is 1. The Kier molecular flexibility index (Phi) is 6.50. The molecule has 0 atom stereocenters. The number of thiazole rings is 1. The van der Waals surface area contributed by atoms with Gasteiger partial charge in [-0.05, 0) is 36.4 Å². The number of halogens is 1. The van der Waals surface area contributed by atoms with Crippen molar-refractivity contribution in [2.45, 2.75) is 24.7 Å². The number of nitrogens with zero attached hydrogens (tertiary/aromatic N) is 3. The maximum atomic E-state index is 13.4. The zero-order chi connectivity index (χ0) is 22.8. The van der Waals surface area contributed by atoms with Gasteiger partial charge >= 0.3 is 5.69 Å². The second kappa shape index (κ2) is 9.32. The molecule has 0 saturated heterocycles. The fourth-order valence-corrected chi connectivity index (χ4v) is 5.50. The van der Waals surface area contributed by atoms with Crippen molar-refractivity contribution in [3.63, 3.8) is 0 Å². The van der Waals surface area contributed by atoms with E-state index in [4.69, 9.17) is 11.6 Å². The number of benzene rings is 2. The SMILES string of the molecule is CCSc1nc2c(s1)c(=O)n(-c1ccccc1)c(=O)n2CC(=O)Nc1c(C)cccc1Cl. The molecule has 7 nitrogen and oxygen atoms in total. The Morgan fingerprint density at radius 2 is 1.91 bits per heavy atom. The molecule has 0 unspecified atom stereocenters. The van der Waals surface area contributed by atoms with E-state index in [9.17, 15) is 14.4 Å². The van der Waals surface area contributed by atoms with Crippen molar-refractivity contribution in [1.29, 1.82) is 0 Å². The van der Waals surface area contributed by atoms with Crippen molar-refractivity contribution in [2.75, 3.05) is 11.1 Å². The van der Waals surface area contributed by atoms with Gasteiger partial charge in [-0.2, -0.15) is 0 Å². The summed E-state index contributed by atoms with van der Waals surface area (Å²) in [6, 6.07) is 13.9. The average Bonchev–Trinajstić information content (AvgIpc) is 3.19. The van der Waals surface area contributed by atoms with Crippen molar-refractivity contribution < 1.29 is 4.79 Å². The number of para-hydroxylation sites is 2. The molecule has 1 N–H and O–H groups in total. The van der Waals surface area contributed by atoms with Crippen LogP contribution < -0.4 is 16.6 Å². The highest BCUT2D eigenvalue weighted by Gasteiger charge is 2.21. The zero-order valence-electron chi connectivity index (χ0n) is 17.3. The smallest absolute Gasteiger partial charge is 0.323 e. The number of amides is 1. The molecule has 0 fully saturated rings. The maximum absolute atomic E-state index is 13.4. The van der Waals surface area contributed by atoms with Crippen molar-refractivity contribution in [1.82, 2.24) is 14.1 Å². The van der Waals surface area contributed by atoms with Crippen molar-refractivity contribution >= 4 is 56.6 Å². The van der Waals surface area contributed by atoms with E-state index in [1.807, 2.05) is 19.9 Å². The van der Waals surface area contributed by atoms with Crippen LogP contribution in [0.2, 0.25) is 5.02 Å². The summed E-state index contributed by atoms with van der Waals surface area (Å²) in [6.07, 6.45) is 0. The Morgan fingerprint density at radius 1 is 1.16 bits per heavy atom. The molecular formula is C22H19ClN4O3S2. The average molecular weight is 487 g/mol. The largest absolute Gasteiger partial charge is 0.337 e. The predicted molar refractivity (Wildman–Crippen MR) is 131 cm³/mol. The number of aromatic nitrogens is 3. The van der Waals surface area contributed by atoms with Crippen LogP contribution in [0.4, 0.5) is 5.69 Å². The highest BCUT2D eigenvalue weighted by Crippen LogP contribution is 2.28. The molecule has 0 radical (unpaired) electrons. The van der Waals surface area contributed by atoms with Gasteiger partial charge in [0.2, 0.25) is 5.91 Å². The molecule has 1 amide bonds. The molecule has 4 rings (SSSR count). The molecule has 2 heterocycles. The van der Waals surface area contributed by atoms with Crippen LogP contribution in [-0.2, 0) is 11.3 Å². The molecule has 0 aliphatic carbocycles. The Balaban J connectivity index is 1.85. The summed E-state index contributed by atoms with van der Waals surface area (Å²) in [7, 11) is 0. The van der Waals surface area contributed by atoms with Gasteiger partial charge in [-0.25, -0.2) is 14.3 Å². The van der Waals surface area contributed by atoms with E-state index in [0.29, 0.717) is 25.4 Å². The Labute approximate surface area is 196 Å². The third-order valence-corrected chi connectivity index (χ3v) is 7.11. The number of thioether (sulfide) groups is 1. The molecule has 0 spiro atoms. The molecule has 10 heteroatoms. The summed E-state index contributed by atoms with van der Waals surface area (Å²) in [5.74, 6) is 0.323. The van der Waals surface area contributed by atoms with Gasteiger partial charge in [-0.3, -0.25) is 14.2 Å². The van der Waals surface area contributed by atoms with Gasteiger partial charge in [-0.15, -0.1) is 11.3 Å². The quantitative estimate of drug-likeness (QED) is 0.410. The first-order chi connectivity index (χ1) is 15.4. The molecule has 4 aromatic rings. The summed E-state index contributed by atoms with van der Waals surface area (Å²) >= 11 is 8.92.